The maximum atomic E-state index is 13.2. The average molecular weight is 569 g/mol. The van der Waals surface area contributed by atoms with Crippen LogP contribution in [-0.4, -0.2) is 31.0 Å². The highest BCUT2D eigenvalue weighted by Gasteiger charge is 2.47. The minimum atomic E-state index is -0.858. The number of carbonyl (C=O) groups excluding carboxylic acids is 2. The molecule has 1 aliphatic rings. The summed E-state index contributed by atoms with van der Waals surface area (Å²) in [7, 11) is 2.76. The van der Waals surface area contributed by atoms with Gasteiger partial charge in [-0.15, -0.1) is 11.3 Å². The van der Waals surface area contributed by atoms with Crippen molar-refractivity contribution in [2.75, 3.05) is 19.1 Å². The van der Waals surface area contributed by atoms with E-state index in [1.54, 1.807) is 24.3 Å². The predicted molar refractivity (Wildman–Crippen MR) is 133 cm³/mol. The minimum Gasteiger partial charge on any atom is -0.507 e. The number of benzene rings is 2. The van der Waals surface area contributed by atoms with E-state index >= 15 is 0 Å². The molecule has 2 heterocycles. The van der Waals surface area contributed by atoms with E-state index in [2.05, 4.69) is 15.9 Å². The highest BCUT2D eigenvalue weighted by atomic mass is 79.9. The Kier molecular flexibility index (Phi) is 6.72. The second-order valence-electron chi connectivity index (χ2n) is 6.95. The number of nitrogens with zero attached hydrogens (tertiary/aromatic N) is 1. The fourth-order valence-corrected chi connectivity index (χ4v) is 5.63. The molecule has 0 saturated carbocycles. The van der Waals surface area contributed by atoms with Gasteiger partial charge in [0.1, 0.15) is 16.8 Å². The third-order valence-electron chi connectivity index (χ3n) is 5.14. The standard InChI is InChI=1S/C23H16BrCl2NO5S/c1-31-21-13(10-14(25)22(32-2)17(21)26)19(28)16-18(15-7-4-8-33-15)27(23(30)20(16)29)12-6-3-5-11(24)9-12/h3-10,18,28H,1-2H3/b19-16-. The van der Waals surface area contributed by atoms with Crippen LogP contribution in [0.25, 0.3) is 5.76 Å². The summed E-state index contributed by atoms with van der Waals surface area (Å²) in [5.74, 6) is -1.83. The maximum Gasteiger partial charge on any atom is 0.300 e. The molecule has 33 heavy (non-hydrogen) atoms. The zero-order chi connectivity index (χ0) is 23.9. The lowest BCUT2D eigenvalue weighted by Gasteiger charge is -2.24. The predicted octanol–water partition coefficient (Wildman–Crippen LogP) is 6.46. The molecule has 1 unspecified atom stereocenters. The SMILES string of the molecule is COc1c(Cl)cc(/C(O)=C2/C(=O)C(=O)N(c3cccc(Br)c3)C2c2cccs2)c(OC)c1Cl. The van der Waals surface area contributed by atoms with E-state index in [0.29, 0.717) is 10.6 Å². The van der Waals surface area contributed by atoms with Crippen LogP contribution in [0.15, 0.2) is 57.9 Å². The molecule has 2 aromatic carbocycles. The number of aliphatic hydroxyl groups excluding tert-OH is 1. The molecule has 0 spiro atoms. The van der Waals surface area contributed by atoms with Crippen LogP contribution in [0.2, 0.25) is 10.0 Å². The Morgan fingerprint density at radius 3 is 2.42 bits per heavy atom. The Hall–Kier alpha value is -2.52. The molecule has 1 atom stereocenters. The van der Waals surface area contributed by atoms with Gasteiger partial charge in [0.15, 0.2) is 11.5 Å². The highest BCUT2D eigenvalue weighted by molar-refractivity contribution is 9.10. The fraction of sp³-hybridized carbons (Fsp3) is 0.130. The first-order valence-corrected chi connectivity index (χ1v) is 11.9. The van der Waals surface area contributed by atoms with Crippen LogP contribution in [0.3, 0.4) is 0 Å². The van der Waals surface area contributed by atoms with Gasteiger partial charge in [-0.25, -0.2) is 0 Å². The van der Waals surface area contributed by atoms with Crippen molar-refractivity contribution >= 4 is 73.6 Å². The molecule has 4 rings (SSSR count). The molecule has 1 aliphatic heterocycles. The summed E-state index contributed by atoms with van der Waals surface area (Å²) >= 11 is 17.4. The van der Waals surface area contributed by atoms with Crippen LogP contribution in [0.4, 0.5) is 5.69 Å². The summed E-state index contributed by atoms with van der Waals surface area (Å²) in [6, 6.07) is 11.2. The molecule has 1 saturated heterocycles. The van der Waals surface area contributed by atoms with Gasteiger partial charge in [0.05, 0.1) is 30.4 Å². The monoisotopic (exact) mass is 567 g/mol. The number of halogens is 3. The molecule has 170 valence electrons. The van der Waals surface area contributed by atoms with E-state index < -0.39 is 23.5 Å². The molecule has 1 aromatic heterocycles. The Bertz CT molecular complexity index is 1290. The summed E-state index contributed by atoms with van der Waals surface area (Å²) in [6.07, 6.45) is 0. The Balaban J connectivity index is 1.99. The highest BCUT2D eigenvalue weighted by Crippen LogP contribution is 2.48. The van der Waals surface area contributed by atoms with Gasteiger partial charge < -0.3 is 14.6 Å². The number of thiophene rings is 1. The summed E-state index contributed by atoms with van der Waals surface area (Å²) in [5.41, 5.74) is 0.474. The molecular formula is C23H16BrCl2NO5S. The van der Waals surface area contributed by atoms with Gasteiger partial charge in [-0.2, -0.15) is 0 Å². The zero-order valence-electron chi connectivity index (χ0n) is 17.3. The number of anilines is 1. The van der Waals surface area contributed by atoms with E-state index in [-0.39, 0.29) is 32.7 Å². The molecule has 6 nitrogen and oxygen atoms in total. The summed E-state index contributed by atoms with van der Waals surface area (Å²) in [5, 5.41) is 13.3. The third-order valence-corrected chi connectivity index (χ3v) is 7.18. The maximum absolute atomic E-state index is 13.2. The molecule has 3 aromatic rings. The smallest absolute Gasteiger partial charge is 0.300 e. The quantitative estimate of drug-likeness (QED) is 0.217. The Morgan fingerprint density at radius 1 is 1.09 bits per heavy atom. The van der Waals surface area contributed by atoms with E-state index in [4.69, 9.17) is 32.7 Å². The number of hydrogen-bond donors (Lipinski definition) is 1. The Morgan fingerprint density at radius 2 is 1.82 bits per heavy atom. The Labute approximate surface area is 212 Å². The molecule has 0 bridgehead atoms. The number of aliphatic hydroxyl groups is 1. The van der Waals surface area contributed by atoms with Crippen LogP contribution in [0.1, 0.15) is 16.5 Å². The van der Waals surface area contributed by atoms with E-state index in [1.807, 2.05) is 17.5 Å². The van der Waals surface area contributed by atoms with Gasteiger partial charge in [-0.1, -0.05) is 51.3 Å². The van der Waals surface area contributed by atoms with Crippen molar-refractivity contribution in [1.29, 1.82) is 0 Å². The lowest BCUT2D eigenvalue weighted by molar-refractivity contribution is -0.132. The molecule has 1 fully saturated rings. The van der Waals surface area contributed by atoms with E-state index in [0.717, 1.165) is 4.47 Å². The molecular weight excluding hydrogens is 553 g/mol. The number of carbonyl (C=O) groups is 2. The van der Waals surface area contributed by atoms with Crippen LogP contribution < -0.4 is 14.4 Å². The number of rotatable bonds is 5. The average Bonchev–Trinajstić information content (AvgIpc) is 3.40. The van der Waals surface area contributed by atoms with Gasteiger partial charge >= 0.3 is 0 Å². The first-order valence-electron chi connectivity index (χ1n) is 9.50. The van der Waals surface area contributed by atoms with Gasteiger partial charge in [-0.05, 0) is 35.7 Å². The second kappa shape index (κ2) is 9.38. The number of ether oxygens (including phenoxy) is 2. The summed E-state index contributed by atoms with van der Waals surface area (Å²) < 4.78 is 11.3. The van der Waals surface area contributed by atoms with Crippen LogP contribution in [-0.2, 0) is 9.59 Å². The first kappa shape index (κ1) is 23.6. The number of ketones is 1. The van der Waals surface area contributed by atoms with Crippen molar-refractivity contribution in [3.63, 3.8) is 0 Å². The van der Waals surface area contributed by atoms with Crippen molar-refractivity contribution in [2.45, 2.75) is 6.04 Å². The van der Waals surface area contributed by atoms with Gasteiger partial charge in [0.2, 0.25) is 0 Å². The summed E-state index contributed by atoms with van der Waals surface area (Å²) in [4.78, 5) is 28.5. The first-order chi connectivity index (χ1) is 15.8. The van der Waals surface area contributed by atoms with Gasteiger partial charge in [0.25, 0.3) is 11.7 Å². The molecule has 1 N–H and O–H groups in total. The number of Topliss-reactive ketones (excluding diaryl/α,β-unsaturated/α-hetero) is 1. The lowest BCUT2D eigenvalue weighted by atomic mass is 9.99. The second-order valence-corrected chi connectivity index (χ2v) is 9.63. The molecule has 0 aliphatic carbocycles. The van der Waals surface area contributed by atoms with Crippen molar-refractivity contribution < 1.29 is 24.2 Å². The van der Waals surface area contributed by atoms with E-state index in [1.165, 1.54) is 36.5 Å². The van der Waals surface area contributed by atoms with Crippen molar-refractivity contribution in [3.05, 3.63) is 78.4 Å². The molecule has 0 radical (unpaired) electrons. The van der Waals surface area contributed by atoms with Crippen LogP contribution in [0.5, 0.6) is 11.5 Å². The van der Waals surface area contributed by atoms with Gasteiger partial charge in [-0.3, -0.25) is 14.5 Å². The number of amides is 1. The molecule has 10 heteroatoms. The van der Waals surface area contributed by atoms with Crippen molar-refractivity contribution in [1.82, 2.24) is 0 Å². The largest absolute Gasteiger partial charge is 0.507 e. The van der Waals surface area contributed by atoms with Crippen LogP contribution in [0, 0.1) is 0 Å². The van der Waals surface area contributed by atoms with Crippen molar-refractivity contribution in [3.8, 4) is 11.5 Å². The number of methoxy groups -OCH3 is 2. The fourth-order valence-electron chi connectivity index (χ4n) is 3.73. The van der Waals surface area contributed by atoms with Crippen LogP contribution >= 0.6 is 50.5 Å². The van der Waals surface area contributed by atoms with E-state index in [9.17, 15) is 14.7 Å². The normalized spacial score (nSPS) is 17.5. The van der Waals surface area contributed by atoms with Crippen molar-refractivity contribution in [2.24, 2.45) is 0 Å². The minimum absolute atomic E-state index is 0.0305. The number of hydrogen-bond acceptors (Lipinski definition) is 6. The third kappa shape index (κ3) is 4.01. The summed E-state index contributed by atoms with van der Waals surface area (Å²) in [6.45, 7) is 0. The topological polar surface area (TPSA) is 76.1 Å². The zero-order valence-corrected chi connectivity index (χ0v) is 21.2. The molecule has 1 amide bonds. The van der Waals surface area contributed by atoms with Gasteiger partial charge in [0, 0.05) is 15.0 Å². The lowest BCUT2D eigenvalue weighted by Crippen LogP contribution is -2.29.